The van der Waals surface area contributed by atoms with E-state index in [-0.39, 0.29) is 31.0 Å². The van der Waals surface area contributed by atoms with Crippen LogP contribution in [0.1, 0.15) is 54.9 Å². The summed E-state index contributed by atoms with van der Waals surface area (Å²) in [5.41, 5.74) is 3.21. The average Bonchev–Trinajstić information content (AvgIpc) is 2.87. The van der Waals surface area contributed by atoms with E-state index in [0.717, 1.165) is 16.7 Å². The topological polar surface area (TPSA) is 52.9 Å². The molecule has 1 fully saturated rings. The molecule has 1 N–H and O–H groups in total. The van der Waals surface area contributed by atoms with Crippen molar-refractivity contribution in [2.24, 2.45) is 5.92 Å². The Morgan fingerprint density at radius 2 is 1.74 bits per heavy atom. The Labute approximate surface area is 204 Å². The Morgan fingerprint density at radius 1 is 1.09 bits per heavy atom. The van der Waals surface area contributed by atoms with E-state index in [9.17, 15) is 18.0 Å². The zero-order valence-corrected chi connectivity index (χ0v) is 19.9. The van der Waals surface area contributed by atoms with Crippen LogP contribution < -0.4 is 5.32 Å². The van der Waals surface area contributed by atoms with E-state index >= 15 is 0 Å². The maximum Gasteiger partial charge on any atom is 0.561 e. The SMILES string of the molecule is CC(C1CCC(NC(=O)C=Cc2ccc(C#N)cc2)CC1)[N+]1(C(F)(F)F)CCc2ccccc2C1. The number of halogens is 3. The molecule has 7 heteroatoms. The van der Waals surface area contributed by atoms with Gasteiger partial charge >= 0.3 is 6.30 Å². The predicted octanol–water partition coefficient (Wildman–Crippen LogP) is 5.73. The van der Waals surface area contributed by atoms with E-state index in [0.29, 0.717) is 37.7 Å². The second-order valence-corrected chi connectivity index (χ2v) is 9.83. The van der Waals surface area contributed by atoms with Gasteiger partial charge < -0.3 is 5.32 Å². The lowest BCUT2D eigenvalue weighted by Gasteiger charge is -2.49. The normalized spacial score (nSPS) is 25.5. The molecule has 1 amide bonds. The van der Waals surface area contributed by atoms with Crippen LogP contribution in [0.25, 0.3) is 6.08 Å². The maximum absolute atomic E-state index is 14.5. The Bertz CT molecular complexity index is 1110. The van der Waals surface area contributed by atoms with Crippen LogP contribution in [0.3, 0.4) is 0 Å². The molecule has 0 bridgehead atoms. The minimum atomic E-state index is -4.31. The highest BCUT2D eigenvalue weighted by Crippen LogP contribution is 2.44. The van der Waals surface area contributed by atoms with E-state index in [1.165, 1.54) is 6.08 Å². The molecular weight excluding hydrogens is 451 g/mol. The van der Waals surface area contributed by atoms with Crippen LogP contribution in [0.5, 0.6) is 0 Å². The molecule has 1 heterocycles. The number of alkyl halides is 3. The van der Waals surface area contributed by atoms with Crippen LogP contribution in [0.2, 0.25) is 0 Å². The summed E-state index contributed by atoms with van der Waals surface area (Å²) in [6.07, 6.45) is 1.98. The van der Waals surface area contributed by atoms with Crippen LogP contribution >= 0.6 is 0 Å². The Balaban J connectivity index is 1.35. The fourth-order valence-electron chi connectivity index (χ4n) is 5.69. The number of nitriles is 1. The monoisotopic (exact) mass is 482 g/mol. The molecule has 4 rings (SSSR count). The number of carbonyl (C=O) groups excluding carboxylic acids is 1. The van der Waals surface area contributed by atoms with Crippen LogP contribution in [0, 0.1) is 17.2 Å². The number of benzene rings is 2. The molecule has 35 heavy (non-hydrogen) atoms. The largest absolute Gasteiger partial charge is 0.561 e. The quantitative estimate of drug-likeness (QED) is 0.336. The molecular formula is C28H31F3N3O+. The first-order chi connectivity index (χ1) is 16.7. The molecule has 2 aliphatic rings. The van der Waals surface area contributed by atoms with E-state index in [1.807, 2.05) is 24.3 Å². The number of nitrogens with zero attached hydrogens (tertiary/aromatic N) is 2. The molecule has 1 aliphatic heterocycles. The van der Waals surface area contributed by atoms with E-state index < -0.39 is 16.8 Å². The zero-order chi connectivity index (χ0) is 25.1. The number of fused-ring (bicyclic) bond motifs is 1. The van der Waals surface area contributed by atoms with Crippen molar-refractivity contribution in [1.82, 2.24) is 5.32 Å². The van der Waals surface area contributed by atoms with Crippen molar-refractivity contribution in [2.45, 2.75) is 64.0 Å². The number of amides is 1. The van der Waals surface area contributed by atoms with Gasteiger partial charge in [-0.05, 0) is 61.9 Å². The predicted molar refractivity (Wildman–Crippen MR) is 129 cm³/mol. The molecule has 184 valence electrons. The number of nitrogens with one attached hydrogen (secondary N) is 1. The van der Waals surface area contributed by atoms with Gasteiger partial charge in [0, 0.05) is 30.0 Å². The molecule has 2 atom stereocenters. The third kappa shape index (κ3) is 5.43. The Kier molecular flexibility index (Phi) is 7.32. The second-order valence-electron chi connectivity index (χ2n) is 9.83. The molecule has 0 saturated heterocycles. The molecule has 0 spiro atoms. The van der Waals surface area contributed by atoms with Crippen molar-refractivity contribution < 1.29 is 22.4 Å². The number of rotatable bonds is 5. The van der Waals surface area contributed by atoms with Gasteiger partial charge in [0.15, 0.2) is 0 Å². The Hall–Kier alpha value is -3.11. The first kappa shape index (κ1) is 25.0. The van der Waals surface area contributed by atoms with Gasteiger partial charge in [0.1, 0.15) is 6.54 Å². The molecule has 1 aliphatic carbocycles. The van der Waals surface area contributed by atoms with Crippen molar-refractivity contribution in [1.29, 1.82) is 5.26 Å². The molecule has 2 unspecified atom stereocenters. The number of quaternary nitrogens is 1. The number of hydrogen-bond acceptors (Lipinski definition) is 2. The van der Waals surface area contributed by atoms with Gasteiger partial charge in [-0.15, -0.1) is 13.2 Å². The number of carbonyl (C=O) groups is 1. The third-order valence-electron chi connectivity index (χ3n) is 7.90. The highest BCUT2D eigenvalue weighted by molar-refractivity contribution is 5.91. The van der Waals surface area contributed by atoms with Gasteiger partial charge in [-0.2, -0.15) is 5.26 Å². The van der Waals surface area contributed by atoms with Gasteiger partial charge in [0.25, 0.3) is 0 Å². The van der Waals surface area contributed by atoms with Gasteiger partial charge in [-0.3, -0.25) is 4.79 Å². The minimum Gasteiger partial charge on any atom is -0.350 e. The summed E-state index contributed by atoms with van der Waals surface area (Å²) in [6.45, 7) is 1.85. The van der Waals surface area contributed by atoms with Crippen molar-refractivity contribution in [3.63, 3.8) is 0 Å². The van der Waals surface area contributed by atoms with Crippen molar-refractivity contribution in [3.8, 4) is 6.07 Å². The molecule has 2 aromatic carbocycles. The van der Waals surface area contributed by atoms with E-state index in [1.54, 1.807) is 37.3 Å². The highest BCUT2D eigenvalue weighted by atomic mass is 19.4. The summed E-state index contributed by atoms with van der Waals surface area (Å²) in [7, 11) is 0. The summed E-state index contributed by atoms with van der Waals surface area (Å²) in [5.74, 6) is -0.249. The van der Waals surface area contributed by atoms with Crippen LogP contribution in [-0.2, 0) is 17.8 Å². The summed E-state index contributed by atoms with van der Waals surface area (Å²) < 4.78 is 42.7. The second kappa shape index (κ2) is 10.2. The first-order valence-electron chi connectivity index (χ1n) is 12.2. The van der Waals surface area contributed by atoms with Gasteiger partial charge in [-0.1, -0.05) is 36.4 Å². The molecule has 0 aromatic heterocycles. The average molecular weight is 483 g/mol. The van der Waals surface area contributed by atoms with Crippen LogP contribution in [0.4, 0.5) is 13.2 Å². The van der Waals surface area contributed by atoms with E-state index in [2.05, 4.69) is 11.4 Å². The lowest BCUT2D eigenvalue weighted by Crippen LogP contribution is -2.66. The van der Waals surface area contributed by atoms with Crippen LogP contribution in [0.15, 0.2) is 54.6 Å². The lowest BCUT2D eigenvalue weighted by atomic mass is 9.79. The maximum atomic E-state index is 14.5. The van der Waals surface area contributed by atoms with Crippen molar-refractivity contribution in [2.75, 3.05) is 6.54 Å². The summed E-state index contributed by atoms with van der Waals surface area (Å²) >= 11 is 0. The summed E-state index contributed by atoms with van der Waals surface area (Å²) in [6, 6.07) is 15.9. The van der Waals surface area contributed by atoms with Crippen molar-refractivity contribution >= 4 is 12.0 Å². The minimum absolute atomic E-state index is 0.00234. The summed E-state index contributed by atoms with van der Waals surface area (Å²) in [5, 5.41) is 11.9. The standard InChI is InChI=1S/C28H30F3N3O/c1-20(34(28(29,30)31)17-16-24-4-2-3-5-25(24)19-34)23-11-13-26(14-12-23)33-27(35)15-10-21-6-8-22(18-32)9-7-21/h2-10,15,20,23,26H,11-14,16-17,19H2,1H3/p+1. The van der Waals surface area contributed by atoms with E-state index in [4.69, 9.17) is 5.26 Å². The first-order valence-corrected chi connectivity index (χ1v) is 12.2. The fourth-order valence-corrected chi connectivity index (χ4v) is 5.69. The highest BCUT2D eigenvalue weighted by Gasteiger charge is 2.60. The molecule has 0 radical (unpaired) electrons. The summed E-state index contributed by atoms with van der Waals surface area (Å²) in [4.78, 5) is 12.4. The fraction of sp³-hybridized carbons (Fsp3) is 0.429. The van der Waals surface area contributed by atoms with Crippen molar-refractivity contribution in [3.05, 3.63) is 76.9 Å². The Morgan fingerprint density at radius 3 is 2.37 bits per heavy atom. The smallest absolute Gasteiger partial charge is 0.350 e. The molecule has 1 saturated carbocycles. The number of hydrogen-bond donors (Lipinski definition) is 1. The molecule has 4 nitrogen and oxygen atoms in total. The van der Waals surface area contributed by atoms with Gasteiger partial charge in [0.05, 0.1) is 24.2 Å². The molecule has 2 aromatic rings. The zero-order valence-electron chi connectivity index (χ0n) is 19.9. The van der Waals surface area contributed by atoms with Gasteiger partial charge in [-0.25, -0.2) is 4.48 Å². The third-order valence-corrected chi connectivity index (χ3v) is 7.90. The van der Waals surface area contributed by atoms with Crippen LogP contribution in [-0.4, -0.2) is 35.3 Å². The van der Waals surface area contributed by atoms with Gasteiger partial charge in [0.2, 0.25) is 5.91 Å². The lowest BCUT2D eigenvalue weighted by molar-refractivity contribution is -1.06.